The zero-order valence-corrected chi connectivity index (χ0v) is 17.7. The maximum Gasteiger partial charge on any atom is 0.410 e. The van der Waals surface area contributed by atoms with Crippen LogP contribution in [0.5, 0.6) is 0 Å². The van der Waals surface area contributed by atoms with Crippen molar-refractivity contribution in [3.05, 3.63) is 71.8 Å². The number of fused-ring (bicyclic) bond motifs is 3. The summed E-state index contributed by atoms with van der Waals surface area (Å²) in [4.78, 5) is 14.7. The molecule has 0 aliphatic carbocycles. The Morgan fingerprint density at radius 1 is 0.968 bits per heavy atom. The van der Waals surface area contributed by atoms with E-state index in [1.54, 1.807) is 4.90 Å². The molecule has 164 valence electrons. The van der Waals surface area contributed by atoms with Crippen molar-refractivity contribution in [3.8, 4) is 0 Å². The third-order valence-corrected chi connectivity index (χ3v) is 5.90. The maximum absolute atomic E-state index is 13.0. The Balaban J connectivity index is 1.30. The number of benzene rings is 2. The number of nitrogens with zero attached hydrogens (tertiary/aromatic N) is 1. The van der Waals surface area contributed by atoms with Gasteiger partial charge in [-0.15, -0.1) is 0 Å². The Morgan fingerprint density at radius 2 is 1.61 bits per heavy atom. The molecule has 3 saturated heterocycles. The summed E-state index contributed by atoms with van der Waals surface area (Å²) in [5, 5.41) is 0. The molecule has 0 saturated carbocycles. The van der Waals surface area contributed by atoms with Crippen molar-refractivity contribution in [2.45, 2.75) is 63.5 Å². The van der Waals surface area contributed by atoms with E-state index in [1.165, 1.54) is 0 Å². The smallest absolute Gasteiger partial charge is 0.410 e. The molecule has 2 aromatic carbocycles. The first kappa shape index (κ1) is 20.5. The van der Waals surface area contributed by atoms with Gasteiger partial charge in [-0.2, -0.15) is 0 Å². The lowest BCUT2D eigenvalue weighted by molar-refractivity contribution is -0.215. The number of amides is 1. The van der Waals surface area contributed by atoms with Gasteiger partial charge in [-0.1, -0.05) is 60.7 Å². The van der Waals surface area contributed by atoms with Crippen LogP contribution in [0.3, 0.4) is 0 Å². The molecule has 0 bridgehead atoms. The highest BCUT2D eigenvalue weighted by Crippen LogP contribution is 2.44. The predicted molar refractivity (Wildman–Crippen MR) is 111 cm³/mol. The SMILES string of the molecule is CC1(C)O[C@H]2O[C@H]3[C@@H]([C@H]2O1)N(C(=O)OCc1ccccc1)C[C@@H]3OCc1ccccc1. The van der Waals surface area contributed by atoms with Crippen LogP contribution in [0.25, 0.3) is 0 Å². The number of likely N-dealkylation sites (tertiary alicyclic amines) is 1. The van der Waals surface area contributed by atoms with Gasteiger partial charge in [0.25, 0.3) is 0 Å². The van der Waals surface area contributed by atoms with Crippen molar-refractivity contribution >= 4 is 6.09 Å². The summed E-state index contributed by atoms with van der Waals surface area (Å²) in [6, 6.07) is 19.2. The van der Waals surface area contributed by atoms with Gasteiger partial charge in [0.15, 0.2) is 12.1 Å². The van der Waals surface area contributed by atoms with Crippen molar-refractivity contribution in [2.75, 3.05) is 6.54 Å². The molecule has 3 aliphatic rings. The first-order chi connectivity index (χ1) is 15.0. The largest absolute Gasteiger partial charge is 0.445 e. The zero-order chi connectivity index (χ0) is 21.4. The van der Waals surface area contributed by atoms with E-state index >= 15 is 0 Å². The van der Waals surface area contributed by atoms with Crippen LogP contribution in [-0.4, -0.2) is 54.0 Å². The third kappa shape index (κ3) is 4.19. The Morgan fingerprint density at radius 3 is 2.29 bits per heavy atom. The molecule has 0 N–H and O–H groups in total. The van der Waals surface area contributed by atoms with Crippen molar-refractivity contribution in [3.63, 3.8) is 0 Å². The fourth-order valence-corrected chi connectivity index (χ4v) is 4.52. The molecular formula is C24H27NO6. The number of hydrogen-bond donors (Lipinski definition) is 0. The Bertz CT molecular complexity index is 905. The van der Waals surface area contributed by atoms with E-state index in [2.05, 4.69) is 0 Å². The number of rotatable bonds is 5. The van der Waals surface area contributed by atoms with Crippen LogP contribution >= 0.6 is 0 Å². The van der Waals surface area contributed by atoms with Gasteiger partial charge in [0.1, 0.15) is 24.9 Å². The molecule has 0 radical (unpaired) electrons. The summed E-state index contributed by atoms with van der Waals surface area (Å²) >= 11 is 0. The van der Waals surface area contributed by atoms with Crippen LogP contribution in [0.4, 0.5) is 4.79 Å². The van der Waals surface area contributed by atoms with Crippen LogP contribution < -0.4 is 0 Å². The molecule has 7 heteroatoms. The minimum Gasteiger partial charge on any atom is -0.445 e. The highest BCUT2D eigenvalue weighted by molar-refractivity contribution is 5.69. The van der Waals surface area contributed by atoms with Gasteiger partial charge in [0.05, 0.1) is 19.2 Å². The first-order valence-electron chi connectivity index (χ1n) is 10.6. The van der Waals surface area contributed by atoms with Gasteiger partial charge >= 0.3 is 6.09 Å². The lowest BCUT2D eigenvalue weighted by Gasteiger charge is -2.27. The van der Waals surface area contributed by atoms with Crippen LogP contribution in [0, 0.1) is 0 Å². The minimum absolute atomic E-state index is 0.209. The van der Waals surface area contributed by atoms with E-state index in [9.17, 15) is 4.79 Å². The number of ether oxygens (including phenoxy) is 5. The molecule has 3 fully saturated rings. The average molecular weight is 425 g/mol. The van der Waals surface area contributed by atoms with E-state index in [1.807, 2.05) is 74.5 Å². The Hall–Kier alpha value is -2.45. The fourth-order valence-electron chi connectivity index (χ4n) is 4.52. The van der Waals surface area contributed by atoms with Gasteiger partial charge in [-0.25, -0.2) is 4.79 Å². The van der Waals surface area contributed by atoms with Gasteiger partial charge < -0.3 is 23.7 Å². The predicted octanol–water partition coefficient (Wildman–Crippen LogP) is 3.47. The molecule has 2 aromatic rings. The summed E-state index contributed by atoms with van der Waals surface area (Å²) in [5.41, 5.74) is 2.00. The first-order valence-corrected chi connectivity index (χ1v) is 10.6. The second-order valence-corrected chi connectivity index (χ2v) is 8.59. The summed E-state index contributed by atoms with van der Waals surface area (Å²) in [6.45, 7) is 4.72. The molecule has 3 heterocycles. The molecule has 31 heavy (non-hydrogen) atoms. The van der Waals surface area contributed by atoms with E-state index in [-0.39, 0.29) is 31.0 Å². The van der Waals surface area contributed by atoms with Crippen molar-refractivity contribution in [1.82, 2.24) is 4.90 Å². The van der Waals surface area contributed by atoms with Gasteiger partial charge in [0, 0.05) is 0 Å². The quantitative estimate of drug-likeness (QED) is 0.731. The van der Waals surface area contributed by atoms with Crippen molar-refractivity contribution in [1.29, 1.82) is 0 Å². The van der Waals surface area contributed by atoms with Crippen molar-refractivity contribution in [2.24, 2.45) is 0 Å². The summed E-state index contributed by atoms with van der Waals surface area (Å²) in [7, 11) is 0. The molecule has 0 unspecified atom stereocenters. The standard InChI is InChI=1S/C24H27NO6/c1-24(2)30-21-19-20(29-22(21)31-24)18(27-14-16-9-5-3-6-10-16)13-25(19)23(26)28-15-17-11-7-4-8-12-17/h3-12,18-22H,13-15H2,1-2H3/t18-,19-,20+,21+,22+/m0/s1. The molecule has 0 spiro atoms. The number of carbonyl (C=O) groups is 1. The zero-order valence-electron chi connectivity index (χ0n) is 17.7. The highest BCUT2D eigenvalue weighted by Gasteiger charge is 2.63. The van der Waals surface area contributed by atoms with Crippen LogP contribution in [-0.2, 0) is 36.9 Å². The third-order valence-electron chi connectivity index (χ3n) is 5.90. The van der Waals surface area contributed by atoms with Gasteiger partial charge in [-0.3, -0.25) is 4.90 Å². The Kier molecular flexibility index (Phi) is 5.44. The normalized spacial score (nSPS) is 30.8. The van der Waals surface area contributed by atoms with Crippen LogP contribution in [0.15, 0.2) is 60.7 Å². The summed E-state index contributed by atoms with van der Waals surface area (Å²) in [5.74, 6) is -0.761. The second-order valence-electron chi connectivity index (χ2n) is 8.59. The Labute approximate surface area is 181 Å². The number of hydrogen-bond acceptors (Lipinski definition) is 6. The molecule has 1 amide bonds. The molecule has 0 aromatic heterocycles. The highest BCUT2D eigenvalue weighted by atomic mass is 16.8. The second kappa shape index (κ2) is 8.24. The van der Waals surface area contributed by atoms with Gasteiger partial charge in [-0.05, 0) is 25.0 Å². The molecule has 5 atom stereocenters. The van der Waals surface area contributed by atoms with Crippen LogP contribution in [0.1, 0.15) is 25.0 Å². The van der Waals surface area contributed by atoms with Crippen molar-refractivity contribution < 1.29 is 28.5 Å². The molecule has 3 aliphatic heterocycles. The van der Waals surface area contributed by atoms with E-state index in [0.29, 0.717) is 13.2 Å². The lowest BCUT2D eigenvalue weighted by atomic mass is 10.1. The molecule has 7 nitrogen and oxygen atoms in total. The van der Waals surface area contributed by atoms with Crippen LogP contribution in [0.2, 0.25) is 0 Å². The lowest BCUT2D eigenvalue weighted by Crippen LogP contribution is -2.46. The monoisotopic (exact) mass is 425 g/mol. The maximum atomic E-state index is 13.0. The fraction of sp³-hybridized carbons (Fsp3) is 0.458. The van der Waals surface area contributed by atoms with E-state index < -0.39 is 18.2 Å². The summed E-state index contributed by atoms with van der Waals surface area (Å²) in [6.07, 6.45) is -1.94. The number of carbonyl (C=O) groups excluding carboxylic acids is 1. The minimum atomic E-state index is -0.761. The summed E-state index contributed by atoms with van der Waals surface area (Å²) < 4.78 is 29.9. The average Bonchev–Trinajstić information content (AvgIpc) is 3.38. The molecular weight excluding hydrogens is 398 g/mol. The molecule has 5 rings (SSSR count). The van der Waals surface area contributed by atoms with Gasteiger partial charge in [0.2, 0.25) is 0 Å². The topological polar surface area (TPSA) is 66.5 Å². The van der Waals surface area contributed by atoms with E-state index in [0.717, 1.165) is 11.1 Å². The van der Waals surface area contributed by atoms with E-state index in [4.69, 9.17) is 23.7 Å².